The number of halogens is 2. The van der Waals surface area contributed by atoms with Gasteiger partial charge in [-0.05, 0) is 25.6 Å². The number of hydrogen-bond donors (Lipinski definition) is 1. The lowest BCUT2D eigenvalue weighted by atomic mass is 10.0. The molecule has 3 nitrogen and oxygen atoms in total. The predicted molar refractivity (Wildman–Crippen MR) is 68.9 cm³/mol. The fourth-order valence-electron chi connectivity index (χ4n) is 1.81. The molecule has 1 heterocycles. The van der Waals surface area contributed by atoms with Crippen LogP contribution in [-0.2, 0) is 6.42 Å². The van der Waals surface area contributed by atoms with E-state index in [0.717, 1.165) is 5.56 Å². The number of rotatable bonds is 4. The van der Waals surface area contributed by atoms with Gasteiger partial charge in [-0.1, -0.05) is 17.7 Å². The second kappa shape index (κ2) is 5.89. The van der Waals surface area contributed by atoms with Crippen molar-refractivity contribution in [2.45, 2.75) is 12.5 Å². The molecular formula is C13H13ClFN3. The van der Waals surface area contributed by atoms with E-state index in [1.54, 1.807) is 24.5 Å². The normalized spacial score (nSPS) is 12.4. The summed E-state index contributed by atoms with van der Waals surface area (Å²) in [7, 11) is 1.81. The molecule has 0 saturated carbocycles. The molecule has 0 bridgehead atoms. The lowest BCUT2D eigenvalue weighted by Gasteiger charge is -2.17. The monoisotopic (exact) mass is 265 g/mol. The molecule has 5 heteroatoms. The van der Waals surface area contributed by atoms with Crippen LogP contribution in [0.2, 0.25) is 5.02 Å². The third-order valence-electron chi connectivity index (χ3n) is 2.80. The molecule has 0 spiro atoms. The fraction of sp³-hybridized carbons (Fsp3) is 0.231. The van der Waals surface area contributed by atoms with Crippen molar-refractivity contribution in [3.63, 3.8) is 0 Å². The molecule has 1 atom stereocenters. The molecular weight excluding hydrogens is 253 g/mol. The Labute approximate surface area is 110 Å². The van der Waals surface area contributed by atoms with Gasteiger partial charge >= 0.3 is 0 Å². The Bertz CT molecular complexity index is 499. The highest BCUT2D eigenvalue weighted by Gasteiger charge is 2.15. The first-order valence-corrected chi connectivity index (χ1v) is 5.95. The molecule has 0 aliphatic rings. The molecule has 0 fully saturated rings. The van der Waals surface area contributed by atoms with Crippen LogP contribution in [0.4, 0.5) is 4.39 Å². The van der Waals surface area contributed by atoms with Crippen LogP contribution in [0.5, 0.6) is 0 Å². The standard InChI is InChI=1S/C13H13ClFN3/c1-16-13(9-6-17-8-18-7-9)5-10-11(14)3-2-4-12(10)15/h2-4,6-8,13,16H,5H2,1H3. The van der Waals surface area contributed by atoms with Crippen molar-refractivity contribution in [3.05, 3.63) is 58.9 Å². The highest BCUT2D eigenvalue weighted by molar-refractivity contribution is 6.31. The molecule has 2 rings (SSSR count). The number of nitrogens with zero attached hydrogens (tertiary/aromatic N) is 2. The maximum absolute atomic E-state index is 13.7. The SMILES string of the molecule is CNC(Cc1c(F)cccc1Cl)c1cncnc1. The van der Waals surface area contributed by atoms with E-state index in [-0.39, 0.29) is 11.9 Å². The summed E-state index contributed by atoms with van der Waals surface area (Å²) in [5.41, 5.74) is 1.40. The Kier molecular flexibility index (Phi) is 4.23. The van der Waals surface area contributed by atoms with Gasteiger partial charge in [-0.2, -0.15) is 0 Å². The van der Waals surface area contributed by atoms with Gasteiger partial charge in [0.15, 0.2) is 0 Å². The van der Waals surface area contributed by atoms with Gasteiger partial charge < -0.3 is 5.32 Å². The molecule has 1 aromatic carbocycles. The molecule has 2 aromatic rings. The molecule has 0 aliphatic heterocycles. The van der Waals surface area contributed by atoms with E-state index < -0.39 is 0 Å². The summed E-state index contributed by atoms with van der Waals surface area (Å²) in [4.78, 5) is 7.92. The minimum Gasteiger partial charge on any atom is -0.313 e. The van der Waals surface area contributed by atoms with Gasteiger partial charge in [-0.25, -0.2) is 14.4 Å². The number of hydrogen-bond acceptors (Lipinski definition) is 3. The van der Waals surface area contributed by atoms with Gasteiger partial charge in [0.1, 0.15) is 12.1 Å². The Hall–Kier alpha value is -1.52. The van der Waals surface area contributed by atoms with Crippen molar-refractivity contribution in [3.8, 4) is 0 Å². The van der Waals surface area contributed by atoms with Crippen LogP contribution in [0.25, 0.3) is 0 Å². The van der Waals surface area contributed by atoms with Gasteiger partial charge in [0.2, 0.25) is 0 Å². The summed E-state index contributed by atoms with van der Waals surface area (Å²) in [6.45, 7) is 0. The average molecular weight is 266 g/mol. The van der Waals surface area contributed by atoms with Crippen LogP contribution in [0.15, 0.2) is 36.9 Å². The molecule has 1 aromatic heterocycles. The van der Waals surface area contributed by atoms with E-state index in [1.807, 2.05) is 7.05 Å². The van der Waals surface area contributed by atoms with Crippen molar-refractivity contribution in [1.29, 1.82) is 0 Å². The van der Waals surface area contributed by atoms with E-state index >= 15 is 0 Å². The van der Waals surface area contributed by atoms with E-state index in [4.69, 9.17) is 11.6 Å². The maximum atomic E-state index is 13.7. The molecule has 0 saturated heterocycles. The zero-order chi connectivity index (χ0) is 13.0. The lowest BCUT2D eigenvalue weighted by Crippen LogP contribution is -2.20. The van der Waals surface area contributed by atoms with E-state index in [0.29, 0.717) is 17.0 Å². The fourth-order valence-corrected chi connectivity index (χ4v) is 2.05. The third kappa shape index (κ3) is 2.83. The highest BCUT2D eigenvalue weighted by atomic mass is 35.5. The molecule has 0 amide bonds. The number of likely N-dealkylation sites (N-methyl/N-ethyl adjacent to an activating group) is 1. The number of aromatic nitrogens is 2. The third-order valence-corrected chi connectivity index (χ3v) is 3.16. The second-order valence-electron chi connectivity index (χ2n) is 3.92. The Morgan fingerprint density at radius 2 is 2.06 bits per heavy atom. The van der Waals surface area contributed by atoms with Crippen LogP contribution in [0.3, 0.4) is 0 Å². The molecule has 0 aliphatic carbocycles. The maximum Gasteiger partial charge on any atom is 0.127 e. The van der Waals surface area contributed by atoms with Crippen molar-refractivity contribution < 1.29 is 4.39 Å². The van der Waals surface area contributed by atoms with Crippen LogP contribution < -0.4 is 5.32 Å². The van der Waals surface area contributed by atoms with E-state index in [9.17, 15) is 4.39 Å². The van der Waals surface area contributed by atoms with E-state index in [1.165, 1.54) is 12.4 Å². The van der Waals surface area contributed by atoms with Crippen LogP contribution >= 0.6 is 11.6 Å². The minimum atomic E-state index is -0.292. The van der Waals surface area contributed by atoms with Crippen LogP contribution in [0.1, 0.15) is 17.2 Å². The summed E-state index contributed by atoms with van der Waals surface area (Å²) >= 11 is 6.02. The largest absolute Gasteiger partial charge is 0.313 e. The lowest BCUT2D eigenvalue weighted by molar-refractivity contribution is 0.552. The summed E-state index contributed by atoms with van der Waals surface area (Å²) in [5, 5.41) is 3.55. The quantitative estimate of drug-likeness (QED) is 0.924. The predicted octanol–water partition coefficient (Wildman–Crippen LogP) is 2.77. The second-order valence-corrected chi connectivity index (χ2v) is 4.32. The Balaban J connectivity index is 2.26. The van der Waals surface area contributed by atoms with Crippen LogP contribution in [0, 0.1) is 5.82 Å². The Morgan fingerprint density at radius 3 is 2.67 bits per heavy atom. The topological polar surface area (TPSA) is 37.8 Å². The first-order valence-electron chi connectivity index (χ1n) is 5.57. The molecule has 0 radical (unpaired) electrons. The average Bonchev–Trinajstić information content (AvgIpc) is 2.40. The summed E-state index contributed by atoms with van der Waals surface area (Å²) in [6, 6.07) is 4.63. The van der Waals surface area contributed by atoms with Crippen molar-refractivity contribution >= 4 is 11.6 Å². The number of nitrogens with one attached hydrogen (secondary N) is 1. The van der Waals surface area contributed by atoms with Gasteiger partial charge in [0.25, 0.3) is 0 Å². The van der Waals surface area contributed by atoms with Crippen molar-refractivity contribution in [2.24, 2.45) is 0 Å². The molecule has 94 valence electrons. The zero-order valence-electron chi connectivity index (χ0n) is 9.90. The van der Waals surface area contributed by atoms with Crippen LogP contribution in [-0.4, -0.2) is 17.0 Å². The minimum absolute atomic E-state index is 0.0689. The molecule has 1 N–H and O–H groups in total. The molecule has 18 heavy (non-hydrogen) atoms. The highest BCUT2D eigenvalue weighted by Crippen LogP contribution is 2.25. The van der Waals surface area contributed by atoms with Gasteiger partial charge in [0.05, 0.1) is 0 Å². The smallest absolute Gasteiger partial charge is 0.127 e. The number of benzene rings is 1. The first kappa shape index (κ1) is 12.9. The van der Waals surface area contributed by atoms with Gasteiger partial charge in [-0.15, -0.1) is 0 Å². The summed E-state index contributed by atoms with van der Waals surface area (Å²) < 4.78 is 13.7. The molecule has 1 unspecified atom stereocenters. The van der Waals surface area contributed by atoms with Crippen molar-refractivity contribution in [2.75, 3.05) is 7.05 Å². The van der Waals surface area contributed by atoms with Gasteiger partial charge in [-0.3, -0.25) is 0 Å². The Morgan fingerprint density at radius 1 is 1.33 bits per heavy atom. The van der Waals surface area contributed by atoms with E-state index in [2.05, 4.69) is 15.3 Å². The van der Waals surface area contributed by atoms with Crippen molar-refractivity contribution in [1.82, 2.24) is 15.3 Å². The zero-order valence-corrected chi connectivity index (χ0v) is 10.7. The summed E-state index contributed by atoms with van der Waals surface area (Å²) in [5.74, 6) is -0.292. The first-order chi connectivity index (χ1) is 8.72. The van der Waals surface area contributed by atoms with Gasteiger partial charge in [0, 0.05) is 34.6 Å². The summed E-state index contributed by atoms with van der Waals surface area (Å²) in [6.07, 6.45) is 5.34.